The second-order valence-electron chi connectivity index (χ2n) is 8.58. The van der Waals surface area contributed by atoms with E-state index in [1.165, 1.54) is 32.6 Å². The Kier molecular flexibility index (Phi) is 6.45. The molecule has 2 amide bonds. The summed E-state index contributed by atoms with van der Waals surface area (Å²) in [6, 6.07) is 7.36. The van der Waals surface area contributed by atoms with Gasteiger partial charge in [0.25, 0.3) is 0 Å². The summed E-state index contributed by atoms with van der Waals surface area (Å²) in [4.78, 5) is 30.4. The Morgan fingerprint density at radius 3 is 2.63 bits per heavy atom. The van der Waals surface area contributed by atoms with Crippen LogP contribution in [0.3, 0.4) is 0 Å². The molecule has 1 aromatic heterocycles. The lowest BCUT2D eigenvalue weighted by atomic mass is 9.96. The summed E-state index contributed by atoms with van der Waals surface area (Å²) in [6.07, 6.45) is 8.81. The molecule has 1 saturated carbocycles. The number of nitrogens with one attached hydrogen (secondary N) is 1. The predicted octanol–water partition coefficient (Wildman–Crippen LogP) is 4.37. The van der Waals surface area contributed by atoms with E-state index in [9.17, 15) is 9.59 Å². The summed E-state index contributed by atoms with van der Waals surface area (Å²) >= 11 is 0. The zero-order valence-electron chi connectivity index (χ0n) is 17.6. The van der Waals surface area contributed by atoms with E-state index < -0.39 is 0 Å². The van der Waals surface area contributed by atoms with Crippen LogP contribution in [0.15, 0.2) is 28.8 Å². The molecule has 0 unspecified atom stereocenters. The highest BCUT2D eigenvalue weighted by atomic mass is 16.5. The van der Waals surface area contributed by atoms with E-state index in [0.717, 1.165) is 43.0 Å². The average Bonchev–Trinajstić information content (AvgIpc) is 3.44. The summed E-state index contributed by atoms with van der Waals surface area (Å²) in [7, 11) is 0. The lowest BCUT2D eigenvalue weighted by molar-refractivity contribution is -0.132. The highest BCUT2D eigenvalue weighted by molar-refractivity contribution is 5.88. The van der Waals surface area contributed by atoms with Crippen LogP contribution < -0.4 is 5.32 Å². The van der Waals surface area contributed by atoms with Crippen LogP contribution in [-0.2, 0) is 9.59 Å². The number of carbonyl (C=O) groups excluding carboxylic acids is 2. The summed E-state index contributed by atoms with van der Waals surface area (Å²) in [6.45, 7) is 2.96. The minimum atomic E-state index is -0.107. The molecular weight excluding hydrogens is 380 g/mol. The second kappa shape index (κ2) is 9.41. The van der Waals surface area contributed by atoms with Gasteiger partial charge in [0.15, 0.2) is 0 Å². The van der Waals surface area contributed by atoms with Crippen LogP contribution in [0.2, 0.25) is 0 Å². The van der Waals surface area contributed by atoms with E-state index in [1.807, 2.05) is 29.2 Å². The predicted molar refractivity (Wildman–Crippen MR) is 114 cm³/mol. The Morgan fingerprint density at radius 1 is 1.13 bits per heavy atom. The van der Waals surface area contributed by atoms with Crippen molar-refractivity contribution in [1.82, 2.24) is 15.0 Å². The molecule has 2 aliphatic rings. The van der Waals surface area contributed by atoms with Gasteiger partial charge in [0.1, 0.15) is 0 Å². The Bertz CT molecular complexity index is 871. The first kappa shape index (κ1) is 20.6. The molecule has 1 saturated heterocycles. The quantitative estimate of drug-likeness (QED) is 0.764. The maximum absolute atomic E-state index is 12.7. The molecule has 2 fully saturated rings. The van der Waals surface area contributed by atoms with Crippen LogP contribution in [-0.4, -0.2) is 39.9 Å². The van der Waals surface area contributed by atoms with Crippen LogP contribution in [0.25, 0.3) is 11.4 Å². The standard InChI is InChI=1S/C23H30N4O3/c1-16(28)24-20-11-9-18(10-12-20)22-25-23(30-26-22)19-7-4-14-27(15-19)21(29)13-8-17-5-2-3-6-17/h9-12,17,19H,2-8,13-15H2,1H3,(H,24,28)/t19-/m1/s1. The molecule has 4 rings (SSSR count). The van der Waals surface area contributed by atoms with E-state index >= 15 is 0 Å². The Balaban J connectivity index is 1.35. The molecule has 1 aromatic carbocycles. The van der Waals surface area contributed by atoms with Gasteiger partial charge in [-0.25, -0.2) is 0 Å². The first-order chi connectivity index (χ1) is 14.6. The molecule has 1 N–H and O–H groups in total. The van der Waals surface area contributed by atoms with Crippen LogP contribution in [0.5, 0.6) is 0 Å². The minimum Gasteiger partial charge on any atom is -0.342 e. The number of carbonyl (C=O) groups is 2. The summed E-state index contributed by atoms with van der Waals surface area (Å²) < 4.78 is 5.55. The molecular formula is C23H30N4O3. The van der Waals surface area contributed by atoms with Gasteiger partial charge in [0.2, 0.25) is 23.5 Å². The first-order valence-corrected chi connectivity index (χ1v) is 11.1. The van der Waals surface area contributed by atoms with Crippen molar-refractivity contribution in [3.8, 4) is 11.4 Å². The first-order valence-electron chi connectivity index (χ1n) is 11.1. The molecule has 7 heteroatoms. The van der Waals surface area contributed by atoms with Crippen molar-refractivity contribution >= 4 is 17.5 Å². The van der Waals surface area contributed by atoms with Gasteiger partial charge in [0, 0.05) is 37.7 Å². The molecule has 160 valence electrons. The van der Waals surface area contributed by atoms with Crippen molar-refractivity contribution in [3.05, 3.63) is 30.2 Å². The van der Waals surface area contributed by atoms with Gasteiger partial charge in [-0.1, -0.05) is 30.8 Å². The lowest BCUT2D eigenvalue weighted by Gasteiger charge is -2.31. The topological polar surface area (TPSA) is 88.3 Å². The fourth-order valence-electron chi connectivity index (χ4n) is 4.61. The number of piperidine rings is 1. The average molecular weight is 411 g/mol. The number of hydrogen-bond acceptors (Lipinski definition) is 5. The number of nitrogens with zero attached hydrogens (tertiary/aromatic N) is 3. The number of hydrogen-bond donors (Lipinski definition) is 1. The van der Waals surface area contributed by atoms with E-state index in [-0.39, 0.29) is 17.7 Å². The molecule has 1 atom stereocenters. The van der Waals surface area contributed by atoms with E-state index in [1.54, 1.807) is 0 Å². The second-order valence-corrected chi connectivity index (χ2v) is 8.58. The number of aromatic nitrogens is 2. The fourth-order valence-corrected chi connectivity index (χ4v) is 4.61. The Labute approximate surface area is 177 Å². The maximum atomic E-state index is 12.7. The lowest BCUT2D eigenvalue weighted by Crippen LogP contribution is -2.39. The van der Waals surface area contributed by atoms with Crippen molar-refractivity contribution in [2.24, 2.45) is 5.92 Å². The third-order valence-electron chi connectivity index (χ3n) is 6.27. The SMILES string of the molecule is CC(=O)Nc1ccc(-c2noc([C@@H]3CCCN(C(=O)CCC4CCCC4)C3)n2)cc1. The van der Waals surface area contributed by atoms with Gasteiger partial charge in [-0.2, -0.15) is 4.98 Å². The van der Waals surface area contributed by atoms with Crippen LogP contribution in [0, 0.1) is 5.92 Å². The molecule has 7 nitrogen and oxygen atoms in total. The number of amides is 2. The molecule has 2 heterocycles. The smallest absolute Gasteiger partial charge is 0.231 e. The molecule has 0 spiro atoms. The molecule has 0 bridgehead atoms. The molecule has 2 aromatic rings. The van der Waals surface area contributed by atoms with Gasteiger partial charge in [0.05, 0.1) is 5.92 Å². The van der Waals surface area contributed by atoms with E-state index in [0.29, 0.717) is 24.7 Å². The normalized spacial score (nSPS) is 19.8. The minimum absolute atomic E-state index is 0.0917. The van der Waals surface area contributed by atoms with Crippen molar-refractivity contribution in [2.75, 3.05) is 18.4 Å². The Hall–Kier alpha value is -2.70. The summed E-state index contributed by atoms with van der Waals surface area (Å²) in [5.41, 5.74) is 1.56. The zero-order valence-corrected chi connectivity index (χ0v) is 17.6. The monoisotopic (exact) mass is 410 g/mol. The van der Waals surface area contributed by atoms with Gasteiger partial charge >= 0.3 is 0 Å². The highest BCUT2D eigenvalue weighted by Crippen LogP contribution is 2.31. The zero-order chi connectivity index (χ0) is 20.9. The molecule has 0 radical (unpaired) electrons. The number of likely N-dealkylation sites (tertiary alicyclic amines) is 1. The van der Waals surface area contributed by atoms with Crippen molar-refractivity contribution < 1.29 is 14.1 Å². The highest BCUT2D eigenvalue weighted by Gasteiger charge is 2.29. The third kappa shape index (κ3) is 5.07. The molecule has 30 heavy (non-hydrogen) atoms. The van der Waals surface area contributed by atoms with Gasteiger partial charge in [-0.3, -0.25) is 9.59 Å². The number of benzene rings is 1. The van der Waals surface area contributed by atoms with Gasteiger partial charge in [-0.15, -0.1) is 0 Å². The molecule has 1 aliphatic heterocycles. The van der Waals surface area contributed by atoms with Crippen LogP contribution >= 0.6 is 0 Å². The molecule has 1 aliphatic carbocycles. The third-order valence-corrected chi connectivity index (χ3v) is 6.27. The number of anilines is 1. The van der Waals surface area contributed by atoms with Crippen molar-refractivity contribution in [1.29, 1.82) is 0 Å². The fraction of sp³-hybridized carbons (Fsp3) is 0.565. The summed E-state index contributed by atoms with van der Waals surface area (Å²) in [5, 5.41) is 6.88. The summed E-state index contributed by atoms with van der Waals surface area (Å²) in [5.74, 6) is 2.12. The van der Waals surface area contributed by atoms with Gasteiger partial charge < -0.3 is 14.7 Å². The van der Waals surface area contributed by atoms with Crippen molar-refractivity contribution in [2.45, 2.75) is 64.2 Å². The van der Waals surface area contributed by atoms with Gasteiger partial charge in [-0.05, 0) is 49.4 Å². The van der Waals surface area contributed by atoms with E-state index in [4.69, 9.17) is 4.52 Å². The number of rotatable bonds is 6. The maximum Gasteiger partial charge on any atom is 0.231 e. The van der Waals surface area contributed by atoms with Crippen molar-refractivity contribution in [3.63, 3.8) is 0 Å². The van der Waals surface area contributed by atoms with Crippen LogP contribution in [0.1, 0.15) is 70.1 Å². The van der Waals surface area contributed by atoms with E-state index in [2.05, 4.69) is 15.5 Å². The largest absolute Gasteiger partial charge is 0.342 e. The Morgan fingerprint density at radius 2 is 1.90 bits per heavy atom. The van der Waals surface area contributed by atoms with Crippen LogP contribution in [0.4, 0.5) is 5.69 Å².